The van der Waals surface area contributed by atoms with Crippen molar-refractivity contribution in [1.82, 2.24) is 5.32 Å². The monoisotopic (exact) mass is 392 g/mol. The van der Waals surface area contributed by atoms with Crippen LogP contribution in [-0.4, -0.2) is 6.54 Å². The second kappa shape index (κ2) is 6.85. The molecule has 3 aromatic rings. The molecule has 2 heterocycles. The first kappa shape index (κ1) is 18.0. The molecule has 30 heavy (non-hydrogen) atoms. The molecule has 2 nitrogen and oxygen atoms in total. The number of hydrogen-bond acceptors (Lipinski definition) is 2. The maximum absolute atomic E-state index is 3.89. The highest BCUT2D eigenvalue weighted by atomic mass is 15.0. The molecule has 2 heteroatoms. The molecule has 0 amide bonds. The Morgan fingerprint density at radius 3 is 2.47 bits per heavy atom. The van der Waals surface area contributed by atoms with Crippen molar-refractivity contribution >= 4 is 16.5 Å². The number of benzene rings is 3. The van der Waals surface area contributed by atoms with Crippen LogP contribution in [0.4, 0.5) is 5.69 Å². The predicted octanol–water partition coefficient (Wildman–Crippen LogP) is 6.38. The fourth-order valence-corrected chi connectivity index (χ4v) is 6.02. The Kier molecular flexibility index (Phi) is 4.10. The standard InChI is InChI=1S/C28H28N2/c1-17-21-14-15-29-28(20-9-4-3-5-10-20)26(21)18(2)27-23(17)16-24-22-11-7-6-8-19(22)12-13-25(24)30-27/h3-13,17-18,28-30H,14-16H2,1-2H3/t17?,18?,28-/m0/s1. The molecule has 1 aliphatic carbocycles. The summed E-state index contributed by atoms with van der Waals surface area (Å²) in [5, 5.41) is 10.4. The van der Waals surface area contributed by atoms with E-state index in [1.165, 1.54) is 33.3 Å². The number of anilines is 1. The van der Waals surface area contributed by atoms with Crippen LogP contribution in [0.15, 0.2) is 89.1 Å². The van der Waals surface area contributed by atoms with E-state index in [4.69, 9.17) is 0 Å². The lowest BCUT2D eigenvalue weighted by Gasteiger charge is -2.44. The third kappa shape index (κ3) is 2.60. The number of nitrogens with one attached hydrogen (secondary N) is 2. The van der Waals surface area contributed by atoms with E-state index < -0.39 is 0 Å². The second-order valence-corrected chi connectivity index (χ2v) is 9.03. The maximum Gasteiger partial charge on any atom is 0.0545 e. The number of rotatable bonds is 1. The van der Waals surface area contributed by atoms with Crippen LogP contribution in [0.2, 0.25) is 0 Å². The Bertz CT molecular complexity index is 1200. The molecule has 2 N–H and O–H groups in total. The van der Waals surface area contributed by atoms with Crippen molar-refractivity contribution in [2.75, 3.05) is 11.9 Å². The molecule has 3 atom stereocenters. The third-order valence-corrected chi connectivity index (χ3v) is 7.53. The molecule has 0 radical (unpaired) electrons. The lowest BCUT2D eigenvalue weighted by molar-refractivity contribution is 0.465. The van der Waals surface area contributed by atoms with Gasteiger partial charge in [0, 0.05) is 23.2 Å². The summed E-state index contributed by atoms with van der Waals surface area (Å²) < 4.78 is 0. The highest BCUT2D eigenvalue weighted by molar-refractivity contribution is 5.91. The summed E-state index contributed by atoms with van der Waals surface area (Å²) in [6.45, 7) is 5.89. The van der Waals surface area contributed by atoms with Crippen LogP contribution >= 0.6 is 0 Å². The average molecular weight is 393 g/mol. The van der Waals surface area contributed by atoms with Crippen LogP contribution in [0.5, 0.6) is 0 Å². The van der Waals surface area contributed by atoms with Crippen molar-refractivity contribution in [3.05, 3.63) is 100 Å². The first-order valence-corrected chi connectivity index (χ1v) is 11.2. The van der Waals surface area contributed by atoms with Crippen LogP contribution in [0.1, 0.15) is 37.4 Å². The summed E-state index contributed by atoms with van der Waals surface area (Å²) in [6.07, 6.45) is 2.22. The van der Waals surface area contributed by atoms with Gasteiger partial charge in [0.25, 0.3) is 0 Å². The fraction of sp³-hybridized carbons (Fsp3) is 0.286. The molecule has 3 aromatic carbocycles. The van der Waals surface area contributed by atoms with Gasteiger partial charge in [-0.15, -0.1) is 0 Å². The molecule has 0 saturated carbocycles. The van der Waals surface area contributed by atoms with Crippen molar-refractivity contribution in [3.63, 3.8) is 0 Å². The molecular weight excluding hydrogens is 364 g/mol. The molecule has 0 fully saturated rings. The van der Waals surface area contributed by atoms with E-state index in [1.807, 2.05) is 0 Å². The normalized spacial score (nSPS) is 25.5. The van der Waals surface area contributed by atoms with E-state index in [1.54, 1.807) is 16.7 Å². The van der Waals surface area contributed by atoms with Crippen LogP contribution in [0.3, 0.4) is 0 Å². The van der Waals surface area contributed by atoms with E-state index >= 15 is 0 Å². The van der Waals surface area contributed by atoms with Crippen molar-refractivity contribution < 1.29 is 0 Å². The number of fused-ring (bicyclic) bond motifs is 3. The lowest BCUT2D eigenvalue weighted by Crippen LogP contribution is -2.39. The van der Waals surface area contributed by atoms with Gasteiger partial charge in [-0.25, -0.2) is 0 Å². The highest BCUT2D eigenvalue weighted by Crippen LogP contribution is 2.50. The summed E-state index contributed by atoms with van der Waals surface area (Å²) >= 11 is 0. The van der Waals surface area contributed by atoms with Gasteiger partial charge >= 0.3 is 0 Å². The molecule has 2 aliphatic heterocycles. The lowest BCUT2D eigenvalue weighted by atomic mass is 9.68. The van der Waals surface area contributed by atoms with Gasteiger partial charge in [0.15, 0.2) is 0 Å². The van der Waals surface area contributed by atoms with Crippen LogP contribution in [0.25, 0.3) is 10.8 Å². The van der Waals surface area contributed by atoms with E-state index in [-0.39, 0.29) is 0 Å². The Morgan fingerprint density at radius 1 is 0.800 bits per heavy atom. The zero-order valence-corrected chi connectivity index (χ0v) is 17.7. The van der Waals surface area contributed by atoms with Crippen LogP contribution < -0.4 is 10.6 Å². The Morgan fingerprint density at radius 2 is 1.60 bits per heavy atom. The molecular formula is C28H28N2. The molecule has 0 spiro atoms. The van der Waals surface area contributed by atoms with Gasteiger partial charge in [-0.3, -0.25) is 0 Å². The molecule has 0 aromatic heterocycles. The minimum Gasteiger partial charge on any atom is -0.358 e. The molecule has 2 unspecified atom stereocenters. The van der Waals surface area contributed by atoms with Gasteiger partial charge in [0.2, 0.25) is 0 Å². The average Bonchev–Trinajstić information content (AvgIpc) is 2.81. The number of hydrogen-bond donors (Lipinski definition) is 2. The Labute approximate surface area is 178 Å². The van der Waals surface area contributed by atoms with E-state index in [9.17, 15) is 0 Å². The van der Waals surface area contributed by atoms with Gasteiger partial charge in [-0.2, -0.15) is 0 Å². The quantitative estimate of drug-likeness (QED) is 0.470. The minimum absolute atomic E-state index is 0.321. The predicted molar refractivity (Wildman–Crippen MR) is 125 cm³/mol. The molecule has 0 saturated heterocycles. The van der Waals surface area contributed by atoms with E-state index in [0.29, 0.717) is 17.9 Å². The highest BCUT2D eigenvalue weighted by Gasteiger charge is 2.39. The first-order chi connectivity index (χ1) is 14.7. The van der Waals surface area contributed by atoms with Gasteiger partial charge in [0.1, 0.15) is 0 Å². The SMILES string of the molecule is CC1C2=C(Nc3ccc4ccccc4c3C2)C(C)C2=C1CCN[C@H]2c1ccccc1. The third-order valence-electron chi connectivity index (χ3n) is 7.53. The Balaban J connectivity index is 1.45. The molecule has 6 rings (SSSR count). The largest absolute Gasteiger partial charge is 0.358 e. The molecule has 3 aliphatic rings. The first-order valence-electron chi connectivity index (χ1n) is 11.2. The van der Waals surface area contributed by atoms with Crippen molar-refractivity contribution in [3.8, 4) is 0 Å². The number of allylic oxidation sites excluding steroid dienone is 2. The zero-order valence-electron chi connectivity index (χ0n) is 17.7. The van der Waals surface area contributed by atoms with Crippen molar-refractivity contribution in [2.24, 2.45) is 11.8 Å². The van der Waals surface area contributed by atoms with Gasteiger partial charge in [-0.1, -0.05) is 80.1 Å². The van der Waals surface area contributed by atoms with Crippen LogP contribution in [0, 0.1) is 11.8 Å². The fourth-order valence-electron chi connectivity index (χ4n) is 6.02. The Hall–Kier alpha value is -2.84. The molecule has 150 valence electrons. The smallest absolute Gasteiger partial charge is 0.0545 e. The zero-order chi connectivity index (χ0) is 20.2. The van der Waals surface area contributed by atoms with Gasteiger partial charge < -0.3 is 10.6 Å². The van der Waals surface area contributed by atoms with Crippen molar-refractivity contribution in [1.29, 1.82) is 0 Å². The van der Waals surface area contributed by atoms with Gasteiger partial charge in [0.05, 0.1) is 6.04 Å². The topological polar surface area (TPSA) is 24.1 Å². The minimum atomic E-state index is 0.321. The van der Waals surface area contributed by atoms with Crippen LogP contribution in [-0.2, 0) is 6.42 Å². The van der Waals surface area contributed by atoms with Gasteiger partial charge in [-0.05, 0) is 58.5 Å². The summed E-state index contributed by atoms with van der Waals surface area (Å²) in [6, 6.07) is 24.6. The van der Waals surface area contributed by atoms with Crippen molar-refractivity contribution in [2.45, 2.75) is 32.7 Å². The summed E-state index contributed by atoms with van der Waals surface area (Å²) in [7, 11) is 0. The summed E-state index contributed by atoms with van der Waals surface area (Å²) in [5.41, 5.74) is 10.4. The summed E-state index contributed by atoms with van der Waals surface area (Å²) in [5.74, 6) is 0.906. The molecule has 0 bridgehead atoms. The second-order valence-electron chi connectivity index (χ2n) is 9.03. The summed E-state index contributed by atoms with van der Waals surface area (Å²) in [4.78, 5) is 0. The maximum atomic E-state index is 3.89. The van der Waals surface area contributed by atoms with E-state index in [2.05, 4.69) is 91.2 Å². The van der Waals surface area contributed by atoms with E-state index in [0.717, 1.165) is 19.4 Å².